The highest BCUT2D eigenvalue weighted by Crippen LogP contribution is 2.25. The Morgan fingerprint density at radius 2 is 1.71 bits per heavy atom. The van der Waals surface area contributed by atoms with Crippen molar-refractivity contribution >= 4 is 46.3 Å². The second kappa shape index (κ2) is 8.03. The number of carbonyl (C=O) groups is 3. The Morgan fingerprint density at radius 1 is 1.00 bits per heavy atom. The standard InChI is InChI=1S/C20H20ClN3O3S/c21-17-5-4-16(28-17)13-22-8-10-23(11-9-22)20(27)14-2-1-3-15(12-14)24-18(25)6-7-19(24)26/h1-5,12H,6-11,13H2. The van der Waals surface area contributed by atoms with Crippen molar-refractivity contribution in [2.45, 2.75) is 19.4 Å². The third-order valence-electron chi connectivity index (χ3n) is 5.07. The molecule has 2 saturated heterocycles. The molecule has 1 aromatic heterocycles. The number of imide groups is 1. The quantitative estimate of drug-likeness (QED) is 0.717. The van der Waals surface area contributed by atoms with Crippen molar-refractivity contribution in [3.63, 3.8) is 0 Å². The van der Waals surface area contributed by atoms with Gasteiger partial charge < -0.3 is 4.90 Å². The number of hydrogen-bond donors (Lipinski definition) is 0. The maximum absolute atomic E-state index is 12.9. The molecule has 0 radical (unpaired) electrons. The number of amides is 3. The Labute approximate surface area is 172 Å². The van der Waals surface area contributed by atoms with Gasteiger partial charge in [0.25, 0.3) is 5.91 Å². The first kappa shape index (κ1) is 19.1. The molecule has 2 aliphatic heterocycles. The summed E-state index contributed by atoms with van der Waals surface area (Å²) in [6, 6.07) is 10.7. The van der Waals surface area contributed by atoms with E-state index in [4.69, 9.17) is 11.6 Å². The van der Waals surface area contributed by atoms with Crippen LogP contribution in [0.2, 0.25) is 4.34 Å². The Balaban J connectivity index is 1.39. The summed E-state index contributed by atoms with van der Waals surface area (Å²) in [5.41, 5.74) is 0.982. The van der Waals surface area contributed by atoms with E-state index < -0.39 is 0 Å². The molecule has 0 N–H and O–H groups in total. The molecule has 2 aromatic rings. The summed E-state index contributed by atoms with van der Waals surface area (Å²) in [5.74, 6) is -0.492. The van der Waals surface area contributed by atoms with E-state index in [1.54, 1.807) is 35.6 Å². The van der Waals surface area contributed by atoms with Gasteiger partial charge in [-0.05, 0) is 30.3 Å². The third-order valence-corrected chi connectivity index (χ3v) is 6.29. The van der Waals surface area contributed by atoms with Gasteiger partial charge in [0.05, 0.1) is 10.0 Å². The first-order chi connectivity index (χ1) is 13.5. The normalized spacial score (nSPS) is 18.2. The predicted molar refractivity (Wildman–Crippen MR) is 109 cm³/mol. The lowest BCUT2D eigenvalue weighted by atomic mass is 10.1. The Bertz CT molecular complexity index is 905. The molecule has 2 aliphatic rings. The van der Waals surface area contributed by atoms with Crippen LogP contribution >= 0.6 is 22.9 Å². The van der Waals surface area contributed by atoms with E-state index in [0.29, 0.717) is 24.3 Å². The molecule has 4 rings (SSSR count). The van der Waals surface area contributed by atoms with Crippen molar-refractivity contribution in [2.24, 2.45) is 0 Å². The lowest BCUT2D eigenvalue weighted by Gasteiger charge is -2.34. The first-order valence-electron chi connectivity index (χ1n) is 9.23. The summed E-state index contributed by atoms with van der Waals surface area (Å²) < 4.78 is 0.790. The average Bonchev–Trinajstić information content (AvgIpc) is 3.26. The molecule has 0 atom stereocenters. The van der Waals surface area contributed by atoms with E-state index in [1.807, 2.05) is 17.0 Å². The SMILES string of the molecule is O=C(c1cccc(N2C(=O)CCC2=O)c1)N1CCN(Cc2ccc(Cl)s2)CC1. The molecule has 2 fully saturated rings. The third kappa shape index (κ3) is 3.97. The van der Waals surface area contributed by atoms with Gasteiger partial charge >= 0.3 is 0 Å². The molecule has 146 valence electrons. The van der Waals surface area contributed by atoms with Gasteiger partial charge in [-0.3, -0.25) is 24.2 Å². The number of anilines is 1. The van der Waals surface area contributed by atoms with Gasteiger partial charge in [-0.25, -0.2) is 0 Å². The zero-order chi connectivity index (χ0) is 19.7. The number of thiophene rings is 1. The van der Waals surface area contributed by atoms with E-state index in [1.165, 1.54) is 9.78 Å². The summed E-state index contributed by atoms with van der Waals surface area (Å²) >= 11 is 7.57. The number of benzene rings is 1. The van der Waals surface area contributed by atoms with Crippen LogP contribution in [0.4, 0.5) is 5.69 Å². The average molecular weight is 418 g/mol. The lowest BCUT2D eigenvalue weighted by Crippen LogP contribution is -2.48. The highest BCUT2D eigenvalue weighted by atomic mass is 35.5. The predicted octanol–water partition coefficient (Wildman–Crippen LogP) is 3.01. The summed E-state index contributed by atoms with van der Waals surface area (Å²) in [7, 11) is 0. The topological polar surface area (TPSA) is 60.9 Å². The van der Waals surface area contributed by atoms with Crippen molar-refractivity contribution in [1.29, 1.82) is 0 Å². The monoisotopic (exact) mass is 417 g/mol. The van der Waals surface area contributed by atoms with E-state index in [2.05, 4.69) is 4.90 Å². The van der Waals surface area contributed by atoms with Crippen molar-refractivity contribution < 1.29 is 14.4 Å². The molecular weight excluding hydrogens is 398 g/mol. The minimum Gasteiger partial charge on any atom is -0.336 e. The van der Waals surface area contributed by atoms with E-state index in [0.717, 1.165) is 24.0 Å². The van der Waals surface area contributed by atoms with Crippen LogP contribution in [-0.2, 0) is 16.1 Å². The molecule has 3 heterocycles. The summed E-state index contributed by atoms with van der Waals surface area (Å²) in [4.78, 5) is 43.3. The number of hydrogen-bond acceptors (Lipinski definition) is 5. The van der Waals surface area contributed by atoms with Crippen LogP contribution in [0.5, 0.6) is 0 Å². The summed E-state index contributed by atoms with van der Waals surface area (Å²) in [6.45, 7) is 3.72. The van der Waals surface area contributed by atoms with Gasteiger partial charge in [-0.1, -0.05) is 17.7 Å². The maximum atomic E-state index is 12.9. The summed E-state index contributed by atoms with van der Waals surface area (Å²) in [5, 5.41) is 0. The van der Waals surface area contributed by atoms with Crippen LogP contribution in [0.1, 0.15) is 28.1 Å². The van der Waals surface area contributed by atoms with Crippen molar-refractivity contribution in [2.75, 3.05) is 31.1 Å². The molecule has 0 saturated carbocycles. The smallest absolute Gasteiger partial charge is 0.254 e. The Morgan fingerprint density at radius 3 is 2.36 bits per heavy atom. The van der Waals surface area contributed by atoms with Crippen LogP contribution in [0.25, 0.3) is 0 Å². The second-order valence-electron chi connectivity index (χ2n) is 6.95. The highest BCUT2D eigenvalue weighted by molar-refractivity contribution is 7.16. The summed E-state index contributed by atoms with van der Waals surface area (Å²) in [6.07, 6.45) is 0.461. The van der Waals surface area contributed by atoms with Gasteiger partial charge in [0.1, 0.15) is 0 Å². The van der Waals surface area contributed by atoms with Crippen LogP contribution in [0, 0.1) is 0 Å². The number of nitrogens with zero attached hydrogens (tertiary/aromatic N) is 3. The largest absolute Gasteiger partial charge is 0.336 e. The maximum Gasteiger partial charge on any atom is 0.254 e. The van der Waals surface area contributed by atoms with Crippen LogP contribution < -0.4 is 4.90 Å². The number of piperazine rings is 1. The minimum absolute atomic E-state index is 0.0697. The fourth-order valence-electron chi connectivity index (χ4n) is 3.59. The molecule has 6 nitrogen and oxygen atoms in total. The van der Waals surface area contributed by atoms with Gasteiger partial charge in [-0.15, -0.1) is 11.3 Å². The molecule has 0 unspecified atom stereocenters. The van der Waals surface area contributed by atoms with Gasteiger partial charge in [0, 0.05) is 56.0 Å². The van der Waals surface area contributed by atoms with Gasteiger partial charge in [0.2, 0.25) is 11.8 Å². The molecule has 0 aliphatic carbocycles. The molecule has 1 aromatic carbocycles. The zero-order valence-electron chi connectivity index (χ0n) is 15.3. The second-order valence-corrected chi connectivity index (χ2v) is 8.75. The molecule has 28 heavy (non-hydrogen) atoms. The minimum atomic E-state index is -0.211. The van der Waals surface area contributed by atoms with Gasteiger partial charge in [-0.2, -0.15) is 0 Å². The molecule has 3 amide bonds. The highest BCUT2D eigenvalue weighted by Gasteiger charge is 2.31. The van der Waals surface area contributed by atoms with Crippen LogP contribution in [0.3, 0.4) is 0 Å². The van der Waals surface area contributed by atoms with Crippen molar-refractivity contribution in [3.8, 4) is 0 Å². The number of rotatable bonds is 4. The van der Waals surface area contributed by atoms with Crippen molar-refractivity contribution in [3.05, 3.63) is 51.2 Å². The zero-order valence-corrected chi connectivity index (χ0v) is 16.8. The molecule has 8 heteroatoms. The first-order valence-corrected chi connectivity index (χ1v) is 10.4. The number of halogens is 1. The Hall–Kier alpha value is -2.22. The van der Waals surface area contributed by atoms with E-state index in [9.17, 15) is 14.4 Å². The molecule has 0 bridgehead atoms. The number of carbonyl (C=O) groups excluding carboxylic acids is 3. The van der Waals surface area contributed by atoms with Crippen molar-refractivity contribution in [1.82, 2.24) is 9.80 Å². The van der Waals surface area contributed by atoms with Crippen LogP contribution in [0.15, 0.2) is 36.4 Å². The van der Waals surface area contributed by atoms with E-state index >= 15 is 0 Å². The molecule has 0 spiro atoms. The van der Waals surface area contributed by atoms with E-state index in [-0.39, 0.29) is 30.6 Å². The van der Waals surface area contributed by atoms with Crippen LogP contribution in [-0.4, -0.2) is 53.7 Å². The Kier molecular flexibility index (Phi) is 5.48. The fraction of sp³-hybridized carbons (Fsp3) is 0.350. The fourth-order valence-corrected chi connectivity index (χ4v) is 4.72. The lowest BCUT2D eigenvalue weighted by molar-refractivity contribution is -0.121. The molecular formula is C20H20ClN3O3S. The van der Waals surface area contributed by atoms with Gasteiger partial charge in [0.15, 0.2) is 0 Å².